The summed E-state index contributed by atoms with van der Waals surface area (Å²) in [7, 11) is 0. The number of allylic oxidation sites excluding steroid dienone is 22. The van der Waals surface area contributed by atoms with E-state index in [2.05, 4.69) is 154 Å². The lowest BCUT2D eigenvalue weighted by Gasteiger charge is -2.18. The molecule has 0 heterocycles. The van der Waals surface area contributed by atoms with Gasteiger partial charge in [0.05, 0.1) is 0 Å². The molecule has 0 aliphatic rings. The first-order chi connectivity index (χ1) is 40.5. The molecule has 0 rings (SSSR count). The molecule has 0 amide bonds. The highest BCUT2D eigenvalue weighted by molar-refractivity contribution is 5.71. The number of hydrogen-bond acceptors (Lipinski definition) is 6. The standard InChI is InChI=1S/C76H126O6/c1-4-7-10-13-16-19-22-25-28-31-34-37-38-40-42-45-48-51-54-57-60-63-66-69-75(78)81-72-73(71-80-74(77)68-65-62-59-56-53-50-47-44-41-36-33-30-27-24-21-18-15-12-9-6-3)82-76(79)70-67-64-61-58-55-52-49-46-43-39-35-32-29-26-23-20-17-14-11-8-5-2/h7-8,10-11,16-17,19-20,25-26,28-29,34-35,37,39-40,42,46,48-49,51,73H,4-6,9,12-15,18,21-24,27,30-33,36,38,41,43-45,47,50,52-72H2,1-3H3/b10-7-,11-8-,19-16-,20-17-,28-25-,29-26-,37-34-,39-35-,42-40-,49-46-,51-48-. The average Bonchev–Trinajstić information content (AvgIpc) is 3.47. The molecule has 6 nitrogen and oxygen atoms in total. The predicted molar refractivity (Wildman–Crippen MR) is 357 cm³/mol. The van der Waals surface area contributed by atoms with Crippen LogP contribution in [0.3, 0.4) is 0 Å². The van der Waals surface area contributed by atoms with Crippen molar-refractivity contribution in [2.24, 2.45) is 0 Å². The maximum Gasteiger partial charge on any atom is 0.306 e. The second kappa shape index (κ2) is 69.0. The van der Waals surface area contributed by atoms with E-state index < -0.39 is 6.10 Å². The van der Waals surface area contributed by atoms with Crippen LogP contribution < -0.4 is 0 Å². The van der Waals surface area contributed by atoms with Gasteiger partial charge in [0, 0.05) is 19.3 Å². The Labute approximate surface area is 506 Å². The van der Waals surface area contributed by atoms with Crippen molar-refractivity contribution in [2.45, 2.75) is 316 Å². The van der Waals surface area contributed by atoms with Crippen molar-refractivity contribution in [1.82, 2.24) is 0 Å². The van der Waals surface area contributed by atoms with E-state index >= 15 is 0 Å². The maximum absolute atomic E-state index is 13.0. The van der Waals surface area contributed by atoms with Gasteiger partial charge in [-0.15, -0.1) is 0 Å². The fourth-order valence-electron chi connectivity index (χ4n) is 9.36. The molecule has 0 fully saturated rings. The molecule has 0 aromatic rings. The Hall–Kier alpha value is -4.45. The third-order valence-electron chi connectivity index (χ3n) is 14.4. The van der Waals surface area contributed by atoms with Crippen LogP contribution in [0.4, 0.5) is 0 Å². The van der Waals surface area contributed by atoms with Gasteiger partial charge in [-0.25, -0.2) is 0 Å². The molecule has 0 aromatic carbocycles. The van der Waals surface area contributed by atoms with Gasteiger partial charge in [0.1, 0.15) is 13.2 Å². The SMILES string of the molecule is CC/C=C\C/C=C\C/C=C\C/C=C\C/C=C\C/C=C\CCCCCCC(=O)OCC(COC(=O)CCCCCCCCCCCCCCCCCCCCCC)OC(=O)CCCCCCC/C=C\C/C=C\C/C=C\C/C=C\C/C=C\CC. The average molecular weight is 1140 g/mol. The molecule has 0 aromatic heterocycles. The van der Waals surface area contributed by atoms with E-state index in [0.29, 0.717) is 19.3 Å². The van der Waals surface area contributed by atoms with Crippen molar-refractivity contribution >= 4 is 17.9 Å². The summed E-state index contributed by atoms with van der Waals surface area (Å²) < 4.78 is 17.0. The number of rotatable bonds is 61. The van der Waals surface area contributed by atoms with E-state index in [1.165, 1.54) is 109 Å². The monoisotopic (exact) mass is 1130 g/mol. The summed E-state index contributed by atoms with van der Waals surface area (Å²) in [6.07, 6.45) is 97.4. The normalized spacial score (nSPS) is 13.0. The van der Waals surface area contributed by atoms with E-state index in [4.69, 9.17) is 14.2 Å². The number of unbranched alkanes of at least 4 members (excludes halogenated alkanes) is 28. The number of hydrogen-bond donors (Lipinski definition) is 0. The molecule has 1 unspecified atom stereocenters. The Bertz CT molecular complexity index is 1730. The van der Waals surface area contributed by atoms with Gasteiger partial charge < -0.3 is 14.2 Å². The van der Waals surface area contributed by atoms with Crippen LogP contribution >= 0.6 is 0 Å². The molecule has 82 heavy (non-hydrogen) atoms. The number of carbonyl (C=O) groups excluding carboxylic acids is 3. The van der Waals surface area contributed by atoms with Crippen LogP contribution in [0.5, 0.6) is 0 Å². The molecule has 466 valence electrons. The van der Waals surface area contributed by atoms with Gasteiger partial charge in [-0.2, -0.15) is 0 Å². The zero-order valence-electron chi connectivity index (χ0n) is 53.5. The molecule has 6 heteroatoms. The second-order valence-electron chi connectivity index (χ2n) is 22.3. The third kappa shape index (κ3) is 66.4. The van der Waals surface area contributed by atoms with Gasteiger partial charge in [0.15, 0.2) is 6.10 Å². The highest BCUT2D eigenvalue weighted by Gasteiger charge is 2.19. The zero-order valence-corrected chi connectivity index (χ0v) is 53.5. The summed E-state index contributed by atoms with van der Waals surface area (Å²) in [6, 6.07) is 0. The van der Waals surface area contributed by atoms with Crippen molar-refractivity contribution in [3.63, 3.8) is 0 Å². The van der Waals surface area contributed by atoms with Crippen LogP contribution in [-0.4, -0.2) is 37.2 Å². The third-order valence-corrected chi connectivity index (χ3v) is 14.4. The van der Waals surface area contributed by atoms with E-state index in [1.54, 1.807) is 0 Å². The van der Waals surface area contributed by atoms with Gasteiger partial charge >= 0.3 is 17.9 Å². The topological polar surface area (TPSA) is 78.9 Å². The Morgan fingerprint density at radius 1 is 0.256 bits per heavy atom. The summed E-state index contributed by atoms with van der Waals surface area (Å²) in [5.41, 5.74) is 0. The van der Waals surface area contributed by atoms with Gasteiger partial charge in [-0.05, 0) is 116 Å². The van der Waals surface area contributed by atoms with E-state index in [9.17, 15) is 14.4 Å². The minimum atomic E-state index is -0.805. The van der Waals surface area contributed by atoms with E-state index in [-0.39, 0.29) is 31.1 Å². The maximum atomic E-state index is 13.0. The summed E-state index contributed by atoms with van der Waals surface area (Å²) in [4.78, 5) is 38.5. The lowest BCUT2D eigenvalue weighted by molar-refractivity contribution is -0.167. The van der Waals surface area contributed by atoms with Crippen molar-refractivity contribution in [3.05, 3.63) is 134 Å². The molecule has 0 spiro atoms. The Kier molecular flexibility index (Phi) is 65.3. The summed E-state index contributed by atoms with van der Waals surface area (Å²) in [5.74, 6) is -0.932. The van der Waals surface area contributed by atoms with Gasteiger partial charge in [0.25, 0.3) is 0 Å². The quantitative estimate of drug-likeness (QED) is 0.0261. The van der Waals surface area contributed by atoms with Crippen molar-refractivity contribution in [2.75, 3.05) is 13.2 Å². The Morgan fingerprint density at radius 3 is 0.744 bits per heavy atom. The molecule has 1 atom stereocenters. The summed E-state index contributed by atoms with van der Waals surface area (Å²) in [6.45, 7) is 6.41. The van der Waals surface area contributed by atoms with Crippen LogP contribution in [0.1, 0.15) is 310 Å². The minimum Gasteiger partial charge on any atom is -0.462 e. The van der Waals surface area contributed by atoms with Crippen LogP contribution in [0.15, 0.2) is 134 Å². The van der Waals surface area contributed by atoms with E-state index in [1.807, 2.05) is 0 Å². The van der Waals surface area contributed by atoms with Crippen LogP contribution in [0, 0.1) is 0 Å². The predicted octanol–water partition coefficient (Wildman–Crippen LogP) is 23.7. The van der Waals surface area contributed by atoms with Gasteiger partial charge in [-0.1, -0.05) is 309 Å². The van der Waals surface area contributed by atoms with Gasteiger partial charge in [0.2, 0.25) is 0 Å². The molecule has 0 aliphatic heterocycles. The highest BCUT2D eigenvalue weighted by atomic mass is 16.6. The fraction of sp³-hybridized carbons (Fsp3) is 0.671. The van der Waals surface area contributed by atoms with Crippen LogP contribution in [-0.2, 0) is 28.6 Å². The number of carbonyl (C=O) groups is 3. The zero-order chi connectivity index (χ0) is 59.2. The molecular formula is C76H126O6. The van der Waals surface area contributed by atoms with Crippen molar-refractivity contribution in [3.8, 4) is 0 Å². The van der Waals surface area contributed by atoms with Crippen LogP contribution in [0.2, 0.25) is 0 Å². The molecule has 0 saturated carbocycles. The molecular weight excluding hydrogens is 1010 g/mol. The molecule has 0 N–H and O–H groups in total. The first kappa shape index (κ1) is 77.5. The molecule has 0 bridgehead atoms. The smallest absolute Gasteiger partial charge is 0.306 e. The van der Waals surface area contributed by atoms with Crippen LogP contribution in [0.25, 0.3) is 0 Å². The minimum absolute atomic E-state index is 0.0958. The first-order valence-corrected chi connectivity index (χ1v) is 34.2. The molecule has 0 radical (unpaired) electrons. The second-order valence-corrected chi connectivity index (χ2v) is 22.3. The highest BCUT2D eigenvalue weighted by Crippen LogP contribution is 2.17. The van der Waals surface area contributed by atoms with Gasteiger partial charge in [-0.3, -0.25) is 14.4 Å². The summed E-state index contributed by atoms with van der Waals surface area (Å²) in [5, 5.41) is 0. The Morgan fingerprint density at radius 2 is 0.476 bits per heavy atom. The number of ether oxygens (including phenoxy) is 3. The lowest BCUT2D eigenvalue weighted by atomic mass is 10.0. The first-order valence-electron chi connectivity index (χ1n) is 34.2. The number of esters is 3. The molecule has 0 saturated heterocycles. The largest absolute Gasteiger partial charge is 0.462 e. The lowest BCUT2D eigenvalue weighted by Crippen LogP contribution is -2.30. The summed E-state index contributed by atoms with van der Waals surface area (Å²) >= 11 is 0. The van der Waals surface area contributed by atoms with Crippen molar-refractivity contribution < 1.29 is 28.6 Å². The van der Waals surface area contributed by atoms with Crippen molar-refractivity contribution in [1.29, 1.82) is 0 Å². The fourth-order valence-corrected chi connectivity index (χ4v) is 9.36. The molecule has 0 aliphatic carbocycles. The van der Waals surface area contributed by atoms with E-state index in [0.717, 1.165) is 161 Å². The Balaban J connectivity index is 4.48.